The van der Waals surface area contributed by atoms with Crippen molar-refractivity contribution >= 4 is 27.5 Å². The van der Waals surface area contributed by atoms with E-state index in [-0.39, 0.29) is 0 Å². The van der Waals surface area contributed by atoms with E-state index < -0.39 is 0 Å². The molecule has 1 aromatic rings. The predicted octanol–water partition coefficient (Wildman–Crippen LogP) is 4.01. The number of hydrogen-bond acceptors (Lipinski definition) is 2. The van der Waals surface area contributed by atoms with Crippen LogP contribution in [-0.2, 0) is 11.3 Å². The van der Waals surface area contributed by atoms with Crippen molar-refractivity contribution in [1.29, 1.82) is 0 Å². The lowest BCUT2D eigenvalue weighted by Gasteiger charge is -2.16. The molecule has 0 radical (unpaired) electrons. The maximum absolute atomic E-state index is 6.19. The summed E-state index contributed by atoms with van der Waals surface area (Å²) < 4.78 is 6.18. The molecule has 0 spiro atoms. The van der Waals surface area contributed by atoms with Gasteiger partial charge in [0.25, 0.3) is 0 Å². The highest BCUT2D eigenvalue weighted by Gasteiger charge is 2.41. The Morgan fingerprint density at radius 1 is 1.44 bits per heavy atom. The summed E-state index contributed by atoms with van der Waals surface area (Å²) in [5.74, 6) is 0. The third kappa shape index (κ3) is 3.95. The summed E-state index contributed by atoms with van der Waals surface area (Å²) in [4.78, 5) is 0. The lowest BCUT2D eigenvalue weighted by Crippen LogP contribution is -2.24. The maximum atomic E-state index is 6.19. The first-order chi connectivity index (χ1) is 8.65. The zero-order valence-corrected chi connectivity index (χ0v) is 13.0. The summed E-state index contributed by atoms with van der Waals surface area (Å²) >= 11 is 9.60. The third-order valence-electron chi connectivity index (χ3n) is 3.62. The Balaban J connectivity index is 1.78. The van der Waals surface area contributed by atoms with Crippen LogP contribution in [-0.4, -0.2) is 20.3 Å². The van der Waals surface area contributed by atoms with Crippen LogP contribution in [0.25, 0.3) is 0 Å². The van der Waals surface area contributed by atoms with Gasteiger partial charge in [0.2, 0.25) is 0 Å². The molecule has 1 aliphatic rings. The number of nitrogens with one attached hydrogen (secondary N) is 1. The van der Waals surface area contributed by atoms with Crippen LogP contribution in [0.4, 0.5) is 0 Å². The maximum Gasteiger partial charge on any atom is 0.0468 e. The van der Waals surface area contributed by atoms with Crippen LogP contribution in [0, 0.1) is 5.41 Å². The lowest BCUT2D eigenvalue weighted by atomic mass is 10.0. The first-order valence-electron chi connectivity index (χ1n) is 6.29. The van der Waals surface area contributed by atoms with Gasteiger partial charge in [-0.2, -0.15) is 0 Å². The van der Waals surface area contributed by atoms with Crippen LogP contribution in [0.3, 0.4) is 0 Å². The van der Waals surface area contributed by atoms with E-state index in [1.165, 1.54) is 12.8 Å². The van der Waals surface area contributed by atoms with Crippen LogP contribution in [0.5, 0.6) is 0 Å². The molecule has 0 atom stereocenters. The Morgan fingerprint density at radius 3 is 2.83 bits per heavy atom. The topological polar surface area (TPSA) is 21.3 Å². The second-order valence-corrected chi connectivity index (χ2v) is 6.40. The summed E-state index contributed by atoms with van der Waals surface area (Å²) in [6, 6.07) is 6.03. The van der Waals surface area contributed by atoms with Gasteiger partial charge in [-0.05, 0) is 42.4 Å². The van der Waals surface area contributed by atoms with Gasteiger partial charge >= 0.3 is 0 Å². The fraction of sp³-hybridized carbons (Fsp3) is 0.571. The quantitative estimate of drug-likeness (QED) is 0.814. The molecule has 0 aromatic heterocycles. The minimum atomic E-state index is 0.484. The Hall–Kier alpha value is -0.0900. The van der Waals surface area contributed by atoms with E-state index in [1.54, 1.807) is 7.11 Å². The van der Waals surface area contributed by atoms with E-state index in [9.17, 15) is 0 Å². The molecule has 0 amide bonds. The number of ether oxygens (including phenoxy) is 1. The van der Waals surface area contributed by atoms with Crippen molar-refractivity contribution in [2.24, 2.45) is 5.41 Å². The van der Waals surface area contributed by atoms with Crippen LogP contribution in [0.2, 0.25) is 5.02 Å². The van der Waals surface area contributed by atoms with Crippen molar-refractivity contribution < 1.29 is 4.74 Å². The van der Waals surface area contributed by atoms with E-state index in [4.69, 9.17) is 16.3 Å². The molecule has 0 aliphatic heterocycles. The van der Waals surface area contributed by atoms with Gasteiger partial charge in [-0.15, -0.1) is 0 Å². The fourth-order valence-corrected chi connectivity index (χ4v) is 2.88. The van der Waals surface area contributed by atoms with Crippen molar-refractivity contribution in [2.75, 3.05) is 20.3 Å². The highest BCUT2D eigenvalue weighted by Crippen LogP contribution is 2.48. The number of methoxy groups -OCH3 is 1. The number of rotatable bonds is 7. The summed E-state index contributed by atoms with van der Waals surface area (Å²) in [5, 5.41) is 4.34. The molecule has 1 aromatic carbocycles. The van der Waals surface area contributed by atoms with Gasteiger partial charge < -0.3 is 10.1 Å². The summed E-state index contributed by atoms with van der Waals surface area (Å²) in [5.41, 5.74) is 1.64. The summed E-state index contributed by atoms with van der Waals surface area (Å²) in [7, 11) is 1.77. The Morgan fingerprint density at radius 2 is 2.22 bits per heavy atom. The smallest absolute Gasteiger partial charge is 0.0468 e. The van der Waals surface area contributed by atoms with Crippen LogP contribution < -0.4 is 5.32 Å². The number of halogens is 2. The molecule has 2 nitrogen and oxygen atoms in total. The fourth-order valence-electron chi connectivity index (χ4n) is 2.14. The Kier molecular flexibility index (Phi) is 5.07. The van der Waals surface area contributed by atoms with Gasteiger partial charge in [-0.3, -0.25) is 0 Å². The van der Waals surface area contributed by atoms with Crippen LogP contribution in [0.15, 0.2) is 22.7 Å². The van der Waals surface area contributed by atoms with Crippen molar-refractivity contribution in [3.05, 3.63) is 33.3 Å². The molecule has 0 bridgehead atoms. The normalized spacial score (nSPS) is 16.8. The van der Waals surface area contributed by atoms with Crippen molar-refractivity contribution in [2.45, 2.75) is 25.8 Å². The van der Waals surface area contributed by atoms with E-state index in [1.807, 2.05) is 12.1 Å². The van der Waals surface area contributed by atoms with E-state index in [0.29, 0.717) is 5.41 Å². The second kappa shape index (κ2) is 6.38. The average molecular weight is 333 g/mol. The molecule has 0 unspecified atom stereocenters. The molecule has 1 N–H and O–H groups in total. The first kappa shape index (κ1) is 14.3. The predicted molar refractivity (Wildman–Crippen MR) is 79.0 cm³/mol. The Bertz CT molecular complexity index is 407. The molecule has 4 heteroatoms. The molecule has 0 saturated heterocycles. The summed E-state index contributed by atoms with van der Waals surface area (Å²) in [6.07, 6.45) is 3.79. The molecule has 100 valence electrons. The SMILES string of the molecule is COCCC1(CNCc2ccc(Br)cc2Cl)CC1. The van der Waals surface area contributed by atoms with Crippen molar-refractivity contribution in [1.82, 2.24) is 5.32 Å². The molecule has 0 heterocycles. The zero-order chi connectivity index (χ0) is 13.0. The molecule has 18 heavy (non-hydrogen) atoms. The van der Waals surface area contributed by atoms with Gasteiger partial charge in [-0.25, -0.2) is 0 Å². The van der Waals surface area contributed by atoms with Gasteiger partial charge in [0, 0.05) is 36.3 Å². The highest BCUT2D eigenvalue weighted by atomic mass is 79.9. The minimum absolute atomic E-state index is 0.484. The minimum Gasteiger partial charge on any atom is -0.385 e. The molecular formula is C14H19BrClNO. The molecule has 1 fully saturated rings. The second-order valence-electron chi connectivity index (χ2n) is 5.08. The van der Waals surface area contributed by atoms with Gasteiger partial charge in [-0.1, -0.05) is 33.6 Å². The largest absolute Gasteiger partial charge is 0.385 e. The van der Waals surface area contributed by atoms with Crippen molar-refractivity contribution in [3.63, 3.8) is 0 Å². The molecule has 1 saturated carbocycles. The van der Waals surface area contributed by atoms with Crippen LogP contribution in [0.1, 0.15) is 24.8 Å². The van der Waals surface area contributed by atoms with Crippen molar-refractivity contribution in [3.8, 4) is 0 Å². The van der Waals surface area contributed by atoms with Crippen LogP contribution >= 0.6 is 27.5 Å². The van der Waals surface area contributed by atoms with Gasteiger partial charge in [0.15, 0.2) is 0 Å². The zero-order valence-electron chi connectivity index (χ0n) is 10.6. The standard InChI is InChI=1S/C14H19BrClNO/c1-18-7-6-14(4-5-14)10-17-9-11-2-3-12(15)8-13(11)16/h2-3,8,17H,4-7,9-10H2,1H3. The van der Waals surface area contributed by atoms with Gasteiger partial charge in [0.1, 0.15) is 0 Å². The Labute approximate surface area is 122 Å². The highest BCUT2D eigenvalue weighted by molar-refractivity contribution is 9.10. The van der Waals surface area contributed by atoms with E-state index in [2.05, 4.69) is 27.3 Å². The molecule has 2 rings (SSSR count). The lowest BCUT2D eigenvalue weighted by molar-refractivity contribution is 0.171. The summed E-state index contributed by atoms with van der Waals surface area (Å²) in [6.45, 7) is 2.75. The molecular weight excluding hydrogens is 314 g/mol. The van der Waals surface area contributed by atoms with E-state index in [0.717, 1.165) is 41.2 Å². The monoisotopic (exact) mass is 331 g/mol. The van der Waals surface area contributed by atoms with Gasteiger partial charge in [0.05, 0.1) is 0 Å². The number of hydrogen-bond donors (Lipinski definition) is 1. The van der Waals surface area contributed by atoms with E-state index >= 15 is 0 Å². The first-order valence-corrected chi connectivity index (χ1v) is 7.46. The average Bonchev–Trinajstić information content (AvgIpc) is 3.10. The number of benzene rings is 1. The third-order valence-corrected chi connectivity index (χ3v) is 4.47. The molecule has 1 aliphatic carbocycles.